The zero-order valence-corrected chi connectivity index (χ0v) is 16.1. The Morgan fingerprint density at radius 1 is 1.25 bits per heavy atom. The number of benzene rings is 1. The lowest BCUT2D eigenvalue weighted by atomic mass is 10.1. The molecule has 5 N–H and O–H groups in total. The van der Waals surface area contributed by atoms with Crippen molar-refractivity contribution in [2.45, 2.75) is 13.8 Å². The van der Waals surface area contributed by atoms with Gasteiger partial charge in [-0.05, 0) is 26.1 Å². The SMILES string of the molecule is CC(=O)O.CNCC(=O)O.Cc1ccc2nc(C(N)=O)c3ncn(C)c3c2c1. The highest BCUT2D eigenvalue weighted by molar-refractivity contribution is 6.11. The number of carboxylic acids is 2. The van der Waals surface area contributed by atoms with E-state index in [2.05, 4.69) is 15.3 Å². The van der Waals surface area contributed by atoms with Crippen LogP contribution in [0.4, 0.5) is 0 Å². The minimum Gasteiger partial charge on any atom is -0.481 e. The number of amides is 1. The zero-order chi connectivity index (χ0) is 21.4. The molecule has 0 aliphatic carbocycles. The number of hydrogen-bond acceptors (Lipinski definition) is 6. The number of rotatable bonds is 3. The third-order valence-electron chi connectivity index (χ3n) is 3.36. The summed E-state index contributed by atoms with van der Waals surface area (Å²) in [6.45, 7) is 3.14. The van der Waals surface area contributed by atoms with Gasteiger partial charge in [0.05, 0.1) is 23.9 Å². The van der Waals surface area contributed by atoms with E-state index in [0.29, 0.717) is 5.52 Å². The maximum Gasteiger partial charge on any atom is 0.317 e. The van der Waals surface area contributed by atoms with Crippen molar-refractivity contribution in [3.05, 3.63) is 35.8 Å². The van der Waals surface area contributed by atoms with Crippen LogP contribution < -0.4 is 11.1 Å². The van der Waals surface area contributed by atoms with Crippen LogP contribution >= 0.6 is 0 Å². The third-order valence-corrected chi connectivity index (χ3v) is 3.36. The fourth-order valence-electron chi connectivity index (χ4n) is 2.35. The van der Waals surface area contributed by atoms with E-state index in [4.69, 9.17) is 20.7 Å². The molecule has 0 atom stereocenters. The number of carboxylic acid groups (broad SMARTS) is 2. The number of carbonyl (C=O) groups excluding carboxylic acids is 1. The van der Waals surface area contributed by atoms with E-state index in [1.165, 1.54) is 0 Å². The third kappa shape index (κ3) is 6.02. The highest BCUT2D eigenvalue weighted by Crippen LogP contribution is 2.25. The van der Waals surface area contributed by atoms with Crippen LogP contribution in [0.15, 0.2) is 24.5 Å². The van der Waals surface area contributed by atoms with Crippen LogP contribution in [0.3, 0.4) is 0 Å². The van der Waals surface area contributed by atoms with E-state index in [1.807, 2.05) is 36.7 Å². The largest absolute Gasteiger partial charge is 0.481 e. The van der Waals surface area contributed by atoms with Crippen molar-refractivity contribution in [3.63, 3.8) is 0 Å². The predicted octanol–water partition coefficient (Wildman–Crippen LogP) is 0.910. The van der Waals surface area contributed by atoms with Crippen LogP contribution in [0.25, 0.3) is 21.9 Å². The summed E-state index contributed by atoms with van der Waals surface area (Å²) in [5, 5.41) is 18.7. The van der Waals surface area contributed by atoms with Gasteiger partial charge in [-0.3, -0.25) is 14.4 Å². The number of imidazole rings is 1. The fraction of sp³-hybridized carbons (Fsp3) is 0.278. The van der Waals surface area contributed by atoms with Crippen LogP contribution in [-0.2, 0) is 16.6 Å². The average Bonchev–Trinajstić information content (AvgIpc) is 2.96. The first-order chi connectivity index (χ1) is 13.1. The molecular weight excluding hydrogens is 366 g/mol. The molecule has 0 unspecified atom stereocenters. The Kier molecular flexibility index (Phi) is 8.02. The second-order valence-corrected chi connectivity index (χ2v) is 5.84. The predicted molar refractivity (Wildman–Crippen MR) is 104 cm³/mol. The molecule has 2 aromatic heterocycles. The first-order valence-electron chi connectivity index (χ1n) is 8.15. The van der Waals surface area contributed by atoms with Gasteiger partial charge in [0, 0.05) is 19.4 Å². The first-order valence-corrected chi connectivity index (χ1v) is 8.15. The van der Waals surface area contributed by atoms with Crippen LogP contribution in [0.1, 0.15) is 23.0 Å². The molecule has 2 heterocycles. The van der Waals surface area contributed by atoms with Crippen LogP contribution in [-0.4, -0.2) is 56.2 Å². The molecule has 10 heteroatoms. The van der Waals surface area contributed by atoms with E-state index in [9.17, 15) is 9.59 Å². The number of nitrogens with one attached hydrogen (secondary N) is 1. The summed E-state index contributed by atoms with van der Waals surface area (Å²) in [7, 11) is 3.48. The van der Waals surface area contributed by atoms with Crippen molar-refractivity contribution < 1.29 is 24.6 Å². The van der Waals surface area contributed by atoms with Gasteiger partial charge in [0.1, 0.15) is 5.52 Å². The van der Waals surface area contributed by atoms with Crippen molar-refractivity contribution >= 4 is 39.8 Å². The van der Waals surface area contributed by atoms with Gasteiger partial charge in [0.25, 0.3) is 11.9 Å². The minimum atomic E-state index is -0.833. The van der Waals surface area contributed by atoms with Crippen molar-refractivity contribution in [3.8, 4) is 0 Å². The number of aliphatic carboxylic acids is 2. The van der Waals surface area contributed by atoms with Gasteiger partial charge in [0.15, 0.2) is 5.69 Å². The maximum absolute atomic E-state index is 11.4. The molecule has 0 radical (unpaired) electrons. The maximum atomic E-state index is 11.4. The van der Waals surface area contributed by atoms with Crippen LogP contribution in [0, 0.1) is 6.92 Å². The molecule has 0 saturated carbocycles. The molecule has 0 saturated heterocycles. The Morgan fingerprint density at radius 3 is 2.32 bits per heavy atom. The van der Waals surface area contributed by atoms with Gasteiger partial charge >= 0.3 is 5.97 Å². The summed E-state index contributed by atoms with van der Waals surface area (Å²) in [6, 6.07) is 5.89. The normalized spacial score (nSPS) is 9.86. The van der Waals surface area contributed by atoms with E-state index in [1.54, 1.807) is 13.4 Å². The molecule has 3 aromatic rings. The van der Waals surface area contributed by atoms with Gasteiger partial charge in [0.2, 0.25) is 0 Å². The number of primary amides is 1. The molecular formula is C18H23N5O5. The quantitative estimate of drug-likeness (QED) is 0.514. The molecule has 1 aromatic carbocycles. The van der Waals surface area contributed by atoms with Crippen molar-refractivity contribution in [2.75, 3.05) is 13.6 Å². The monoisotopic (exact) mass is 389 g/mol. The average molecular weight is 389 g/mol. The second-order valence-electron chi connectivity index (χ2n) is 5.84. The van der Waals surface area contributed by atoms with Gasteiger partial charge in [-0.2, -0.15) is 0 Å². The first kappa shape index (κ1) is 22.5. The summed E-state index contributed by atoms with van der Waals surface area (Å²) < 4.78 is 1.88. The van der Waals surface area contributed by atoms with Crippen molar-refractivity contribution in [1.29, 1.82) is 0 Å². The van der Waals surface area contributed by atoms with Crippen LogP contribution in [0.2, 0.25) is 0 Å². The van der Waals surface area contributed by atoms with Gasteiger partial charge in [-0.25, -0.2) is 9.97 Å². The van der Waals surface area contributed by atoms with E-state index < -0.39 is 17.8 Å². The number of nitrogens with zero attached hydrogens (tertiary/aromatic N) is 3. The topological polar surface area (TPSA) is 160 Å². The summed E-state index contributed by atoms with van der Waals surface area (Å²) in [5.41, 5.74) is 8.92. The van der Waals surface area contributed by atoms with Gasteiger partial charge < -0.3 is 25.8 Å². The fourth-order valence-corrected chi connectivity index (χ4v) is 2.35. The molecule has 0 spiro atoms. The standard InChI is InChI=1S/C13H12N4O.C3H7NO2.C2H4O2/c1-7-3-4-9-8(5-7)12-10(15-6-17(12)2)11(16-9)13(14)18;1-4-2-3(5)6;1-2(3)4/h3-6H,1-2H3,(H2,14,18);4H,2H2,1H3,(H,5,6);1H3,(H,3,4). The van der Waals surface area contributed by atoms with E-state index in [0.717, 1.165) is 28.9 Å². The molecule has 0 fully saturated rings. The Morgan fingerprint density at radius 2 is 1.86 bits per heavy atom. The lowest BCUT2D eigenvalue weighted by molar-refractivity contribution is -0.136. The molecule has 1 amide bonds. The lowest BCUT2D eigenvalue weighted by Crippen LogP contribution is -2.16. The molecule has 150 valence electrons. The zero-order valence-electron chi connectivity index (χ0n) is 16.1. The van der Waals surface area contributed by atoms with E-state index >= 15 is 0 Å². The number of aryl methyl sites for hydroxylation is 2. The summed E-state index contributed by atoms with van der Waals surface area (Å²) >= 11 is 0. The second kappa shape index (κ2) is 9.97. The van der Waals surface area contributed by atoms with Crippen molar-refractivity contribution in [2.24, 2.45) is 12.8 Å². The Balaban J connectivity index is 0.000000329. The molecule has 0 aliphatic heterocycles. The lowest BCUT2D eigenvalue weighted by Gasteiger charge is -2.05. The number of fused-ring (bicyclic) bond motifs is 3. The summed E-state index contributed by atoms with van der Waals surface area (Å²) in [4.78, 5) is 38.5. The molecule has 0 bridgehead atoms. The number of nitrogens with two attached hydrogens (primary N) is 1. The Hall–Kier alpha value is -3.53. The number of hydrogen-bond donors (Lipinski definition) is 4. The number of pyridine rings is 1. The molecule has 3 rings (SSSR count). The number of carbonyl (C=O) groups is 3. The minimum absolute atomic E-state index is 0.0417. The summed E-state index contributed by atoms with van der Waals surface area (Å²) in [5.74, 6) is -2.21. The van der Waals surface area contributed by atoms with E-state index in [-0.39, 0.29) is 12.2 Å². The van der Waals surface area contributed by atoms with Crippen molar-refractivity contribution in [1.82, 2.24) is 19.9 Å². The number of likely N-dealkylation sites (N-methyl/N-ethyl adjacent to an activating group) is 1. The molecule has 10 nitrogen and oxygen atoms in total. The number of aromatic nitrogens is 3. The molecule has 28 heavy (non-hydrogen) atoms. The Labute approximate surface area is 161 Å². The highest BCUT2D eigenvalue weighted by atomic mass is 16.4. The molecule has 0 aliphatic rings. The smallest absolute Gasteiger partial charge is 0.317 e. The highest BCUT2D eigenvalue weighted by Gasteiger charge is 2.16. The Bertz CT molecular complexity index is 1010. The van der Waals surface area contributed by atoms with Gasteiger partial charge in [-0.15, -0.1) is 0 Å². The summed E-state index contributed by atoms with van der Waals surface area (Å²) in [6.07, 6.45) is 1.67. The van der Waals surface area contributed by atoms with Crippen LogP contribution in [0.5, 0.6) is 0 Å². The van der Waals surface area contributed by atoms with Gasteiger partial charge in [-0.1, -0.05) is 11.6 Å².